The molecule has 2 unspecified atom stereocenters. The first kappa shape index (κ1) is 20.7. The molecule has 0 amide bonds. The van der Waals surface area contributed by atoms with Gasteiger partial charge in [-0.25, -0.2) is 9.37 Å². The van der Waals surface area contributed by atoms with Crippen LogP contribution in [-0.2, 0) is 0 Å². The molecule has 2 aromatic carbocycles. The van der Waals surface area contributed by atoms with E-state index in [0.29, 0.717) is 22.8 Å². The van der Waals surface area contributed by atoms with Gasteiger partial charge in [-0.3, -0.25) is 4.57 Å². The summed E-state index contributed by atoms with van der Waals surface area (Å²) >= 11 is 6.33. The molecule has 0 fully saturated rings. The van der Waals surface area contributed by atoms with Crippen LogP contribution in [0.25, 0.3) is 5.69 Å². The van der Waals surface area contributed by atoms with Gasteiger partial charge in [-0.15, -0.1) is 0 Å². The average Bonchev–Trinajstić information content (AvgIpc) is 3.19. The minimum absolute atomic E-state index is 0.129. The van der Waals surface area contributed by atoms with Gasteiger partial charge in [0, 0.05) is 28.9 Å². The number of nitrogen functional groups attached to an aromatic ring is 1. The highest BCUT2D eigenvalue weighted by atomic mass is 35.5. The monoisotopic (exact) mass is 428 g/mol. The van der Waals surface area contributed by atoms with Gasteiger partial charge in [0.2, 0.25) is 0 Å². The zero-order valence-electron chi connectivity index (χ0n) is 17.1. The van der Waals surface area contributed by atoms with Crippen molar-refractivity contribution in [3.05, 3.63) is 71.0 Å². The van der Waals surface area contributed by atoms with Crippen LogP contribution in [0.3, 0.4) is 0 Å². The van der Waals surface area contributed by atoms with E-state index in [9.17, 15) is 4.39 Å². The van der Waals surface area contributed by atoms with E-state index >= 15 is 0 Å². The summed E-state index contributed by atoms with van der Waals surface area (Å²) in [5.74, 6) is -0.277. The Morgan fingerprint density at radius 2 is 2.03 bits per heavy atom. The van der Waals surface area contributed by atoms with Crippen LogP contribution >= 0.6 is 11.6 Å². The Labute approximate surface area is 180 Å². The average molecular weight is 429 g/mol. The summed E-state index contributed by atoms with van der Waals surface area (Å²) < 4.78 is 16.5. The lowest BCUT2D eigenvalue weighted by atomic mass is 9.99. The normalized spacial score (nSPS) is 16.5. The van der Waals surface area contributed by atoms with Crippen molar-refractivity contribution in [2.45, 2.75) is 25.0 Å². The minimum Gasteiger partial charge on any atom is -0.399 e. The number of nitrogens with two attached hydrogens (primary N) is 2. The number of benzene rings is 2. The van der Waals surface area contributed by atoms with Crippen molar-refractivity contribution in [3.63, 3.8) is 0 Å². The quantitative estimate of drug-likeness (QED) is 0.578. The Kier molecular flexibility index (Phi) is 5.69. The molecule has 6 nitrogen and oxygen atoms in total. The Balaban J connectivity index is 1.56. The molecule has 2 atom stereocenters. The molecule has 158 valence electrons. The third kappa shape index (κ3) is 3.64. The van der Waals surface area contributed by atoms with Crippen LogP contribution in [0.4, 0.5) is 15.8 Å². The molecule has 0 saturated carbocycles. The summed E-state index contributed by atoms with van der Waals surface area (Å²) in [5.41, 5.74) is 16.7. The SMILES string of the molecule is CN(C)C(CCCN1c2ccc(N)cc2-n2cncc2C1N)c1c(F)cccc1Cl. The summed E-state index contributed by atoms with van der Waals surface area (Å²) in [6, 6.07) is 10.5. The van der Waals surface area contributed by atoms with Crippen molar-refractivity contribution in [2.24, 2.45) is 5.73 Å². The van der Waals surface area contributed by atoms with E-state index in [4.69, 9.17) is 23.1 Å². The Morgan fingerprint density at radius 3 is 2.77 bits per heavy atom. The molecule has 1 aliphatic rings. The fourth-order valence-corrected chi connectivity index (χ4v) is 4.50. The summed E-state index contributed by atoms with van der Waals surface area (Å²) in [7, 11) is 3.88. The lowest BCUT2D eigenvalue weighted by Gasteiger charge is -2.38. The molecule has 2 heterocycles. The molecule has 1 aliphatic heterocycles. The van der Waals surface area contributed by atoms with Crippen LogP contribution in [0, 0.1) is 5.82 Å². The topological polar surface area (TPSA) is 76.3 Å². The largest absolute Gasteiger partial charge is 0.399 e. The summed E-state index contributed by atoms with van der Waals surface area (Å²) in [6.07, 6.45) is 4.76. The highest BCUT2D eigenvalue weighted by molar-refractivity contribution is 6.31. The van der Waals surface area contributed by atoms with Crippen molar-refractivity contribution in [2.75, 3.05) is 31.3 Å². The second-order valence-corrected chi connectivity index (χ2v) is 8.24. The number of aromatic nitrogens is 2. The fraction of sp³-hybridized carbons (Fsp3) is 0.318. The zero-order valence-corrected chi connectivity index (χ0v) is 17.9. The van der Waals surface area contributed by atoms with Gasteiger partial charge < -0.3 is 21.3 Å². The number of rotatable bonds is 6. The van der Waals surface area contributed by atoms with E-state index in [-0.39, 0.29) is 18.0 Å². The number of fused-ring (bicyclic) bond motifs is 3. The van der Waals surface area contributed by atoms with Crippen molar-refractivity contribution >= 4 is 23.0 Å². The van der Waals surface area contributed by atoms with Gasteiger partial charge in [-0.05, 0) is 57.3 Å². The Bertz CT molecular complexity index is 1030. The van der Waals surface area contributed by atoms with E-state index < -0.39 is 0 Å². The molecule has 4 N–H and O–H groups in total. The van der Waals surface area contributed by atoms with Gasteiger partial charge in [0.05, 0.1) is 29.6 Å². The van der Waals surface area contributed by atoms with Gasteiger partial charge in [0.25, 0.3) is 0 Å². The number of hydrogen-bond donors (Lipinski definition) is 2. The van der Waals surface area contributed by atoms with Gasteiger partial charge in [0.15, 0.2) is 0 Å². The maximum absolute atomic E-state index is 14.5. The van der Waals surface area contributed by atoms with E-state index in [1.54, 1.807) is 24.7 Å². The molecular formula is C22H26ClFN6. The number of imidazole rings is 1. The lowest BCUT2D eigenvalue weighted by Crippen LogP contribution is -2.40. The van der Waals surface area contributed by atoms with Gasteiger partial charge in [-0.2, -0.15) is 0 Å². The predicted octanol–water partition coefficient (Wildman–Crippen LogP) is 4.11. The maximum atomic E-state index is 14.5. The standard InChI is InChI=1S/C22H26ClFN6/c1-28(2)18(21-15(23)5-3-6-16(21)24)7-4-10-29-17-9-8-14(25)11-19(17)30-13-27-12-20(30)22(29)26/h3,5-6,8-9,11-13,18,22H,4,7,10,25-26H2,1-2H3. The van der Waals surface area contributed by atoms with Crippen LogP contribution in [-0.4, -0.2) is 35.1 Å². The predicted molar refractivity (Wildman–Crippen MR) is 119 cm³/mol. The third-order valence-corrected chi connectivity index (χ3v) is 6.04. The van der Waals surface area contributed by atoms with Crippen molar-refractivity contribution in [1.82, 2.24) is 14.5 Å². The molecule has 0 aliphatic carbocycles. The summed E-state index contributed by atoms with van der Waals surface area (Å²) in [6.45, 7) is 0.708. The van der Waals surface area contributed by atoms with Crippen molar-refractivity contribution in [3.8, 4) is 5.69 Å². The summed E-state index contributed by atoms with van der Waals surface area (Å²) in [4.78, 5) is 8.42. The van der Waals surface area contributed by atoms with Crippen molar-refractivity contribution < 1.29 is 4.39 Å². The molecule has 0 saturated heterocycles. The second kappa shape index (κ2) is 8.26. The first-order chi connectivity index (χ1) is 14.4. The number of halogens is 2. The van der Waals surface area contributed by atoms with Crippen LogP contribution in [0.15, 0.2) is 48.9 Å². The first-order valence-corrected chi connectivity index (χ1v) is 10.3. The molecule has 0 bridgehead atoms. The fourth-order valence-electron chi connectivity index (χ4n) is 4.22. The molecule has 8 heteroatoms. The molecular weight excluding hydrogens is 403 g/mol. The van der Waals surface area contributed by atoms with Gasteiger partial charge >= 0.3 is 0 Å². The molecule has 3 aromatic rings. The second-order valence-electron chi connectivity index (χ2n) is 7.83. The first-order valence-electron chi connectivity index (χ1n) is 9.93. The number of nitrogens with zero attached hydrogens (tertiary/aromatic N) is 4. The number of hydrogen-bond acceptors (Lipinski definition) is 5. The highest BCUT2D eigenvalue weighted by Crippen LogP contribution is 2.38. The smallest absolute Gasteiger partial charge is 0.129 e. The van der Waals surface area contributed by atoms with Crippen molar-refractivity contribution in [1.29, 1.82) is 0 Å². The maximum Gasteiger partial charge on any atom is 0.129 e. The van der Waals surface area contributed by atoms with E-state index in [2.05, 4.69) is 9.88 Å². The Hall–Kier alpha value is -2.61. The van der Waals surface area contributed by atoms with Crippen LogP contribution < -0.4 is 16.4 Å². The highest BCUT2D eigenvalue weighted by Gasteiger charge is 2.29. The molecule has 0 spiro atoms. The van der Waals surface area contributed by atoms with E-state index in [1.807, 2.05) is 41.8 Å². The van der Waals surface area contributed by atoms with Crippen LogP contribution in [0.5, 0.6) is 0 Å². The third-order valence-electron chi connectivity index (χ3n) is 5.71. The van der Waals surface area contributed by atoms with E-state index in [0.717, 1.165) is 29.9 Å². The minimum atomic E-state index is -0.321. The lowest BCUT2D eigenvalue weighted by molar-refractivity contribution is 0.272. The van der Waals surface area contributed by atoms with Gasteiger partial charge in [-0.1, -0.05) is 17.7 Å². The molecule has 0 radical (unpaired) electrons. The summed E-state index contributed by atoms with van der Waals surface area (Å²) in [5, 5.41) is 0.452. The van der Waals surface area contributed by atoms with E-state index in [1.165, 1.54) is 6.07 Å². The molecule has 1 aromatic heterocycles. The molecule has 4 rings (SSSR count). The van der Waals surface area contributed by atoms with Crippen LogP contribution in [0.1, 0.15) is 36.3 Å². The molecule has 30 heavy (non-hydrogen) atoms. The van der Waals surface area contributed by atoms with Gasteiger partial charge in [0.1, 0.15) is 12.0 Å². The van der Waals surface area contributed by atoms with Crippen LogP contribution in [0.2, 0.25) is 5.02 Å². The number of anilines is 2. The zero-order chi connectivity index (χ0) is 21.4. The Morgan fingerprint density at radius 1 is 1.23 bits per heavy atom.